The normalized spacial score (nSPS) is 34.7. The topological polar surface area (TPSA) is 26.3 Å². The Hall–Kier alpha value is -0.250. The zero-order valence-electron chi connectivity index (χ0n) is 4.96. The molecule has 0 aromatic carbocycles. The number of esters is 1. The standard InChI is InChI=1S/C5H7FO2S/c1-2-3-8-5(7)4(6)9-3/h3-4H,2H2,1H3/t3-,4-/m0/s1. The number of halogens is 1. The number of rotatable bonds is 1. The van der Waals surface area contributed by atoms with Crippen LogP contribution in [0.25, 0.3) is 0 Å². The second-order valence-corrected chi connectivity index (χ2v) is 2.94. The van der Waals surface area contributed by atoms with Gasteiger partial charge in [-0.1, -0.05) is 18.7 Å². The van der Waals surface area contributed by atoms with Crippen molar-refractivity contribution in [2.75, 3.05) is 0 Å². The van der Waals surface area contributed by atoms with Crippen LogP contribution in [0.1, 0.15) is 13.3 Å². The molecular weight excluding hydrogens is 143 g/mol. The van der Waals surface area contributed by atoms with Crippen molar-refractivity contribution in [1.82, 2.24) is 0 Å². The summed E-state index contributed by atoms with van der Waals surface area (Å²) in [6.07, 6.45) is 0.677. The van der Waals surface area contributed by atoms with Crippen molar-refractivity contribution in [2.24, 2.45) is 0 Å². The molecule has 0 aromatic heterocycles. The van der Waals surface area contributed by atoms with Gasteiger partial charge in [0.1, 0.15) is 0 Å². The van der Waals surface area contributed by atoms with E-state index in [0.717, 1.165) is 11.8 Å². The maximum atomic E-state index is 12.2. The Balaban J connectivity index is 2.44. The number of ether oxygens (including phenoxy) is 1. The molecule has 9 heavy (non-hydrogen) atoms. The van der Waals surface area contributed by atoms with Gasteiger partial charge in [0.05, 0.1) is 0 Å². The molecule has 1 saturated heterocycles. The second-order valence-electron chi connectivity index (χ2n) is 1.73. The van der Waals surface area contributed by atoms with E-state index in [2.05, 4.69) is 4.74 Å². The van der Waals surface area contributed by atoms with Gasteiger partial charge in [-0.05, 0) is 6.42 Å². The fourth-order valence-electron chi connectivity index (χ4n) is 0.579. The summed E-state index contributed by atoms with van der Waals surface area (Å²) in [5.41, 5.74) is -1.71. The number of hydrogen-bond acceptors (Lipinski definition) is 3. The third-order valence-electron chi connectivity index (χ3n) is 1.04. The van der Waals surface area contributed by atoms with E-state index < -0.39 is 11.5 Å². The lowest BCUT2D eigenvalue weighted by Gasteiger charge is -2.00. The minimum Gasteiger partial charge on any atom is -0.448 e. The SMILES string of the molecule is CC[C@H]1OC(=O)[C@@H](F)S1. The van der Waals surface area contributed by atoms with E-state index in [1.807, 2.05) is 6.92 Å². The van der Waals surface area contributed by atoms with Gasteiger partial charge in [-0.2, -0.15) is 0 Å². The van der Waals surface area contributed by atoms with Crippen molar-refractivity contribution < 1.29 is 13.9 Å². The van der Waals surface area contributed by atoms with Crippen LogP contribution in [0.2, 0.25) is 0 Å². The van der Waals surface area contributed by atoms with Crippen LogP contribution in [0.5, 0.6) is 0 Å². The van der Waals surface area contributed by atoms with Crippen LogP contribution in [0, 0.1) is 0 Å². The number of cyclic esters (lactones) is 1. The molecule has 0 aromatic rings. The molecule has 2 nitrogen and oxygen atoms in total. The molecule has 4 heteroatoms. The third-order valence-corrected chi connectivity index (χ3v) is 2.20. The van der Waals surface area contributed by atoms with E-state index in [1.54, 1.807) is 0 Å². The smallest absolute Gasteiger partial charge is 0.352 e. The molecule has 0 aliphatic carbocycles. The Morgan fingerprint density at radius 1 is 1.89 bits per heavy atom. The van der Waals surface area contributed by atoms with Crippen molar-refractivity contribution in [3.8, 4) is 0 Å². The highest BCUT2D eigenvalue weighted by Gasteiger charge is 2.33. The Morgan fingerprint density at radius 3 is 2.78 bits per heavy atom. The molecule has 52 valence electrons. The van der Waals surface area contributed by atoms with Gasteiger partial charge in [0.2, 0.25) is 5.50 Å². The molecule has 1 fully saturated rings. The first-order chi connectivity index (χ1) is 4.24. The van der Waals surface area contributed by atoms with E-state index in [0.29, 0.717) is 6.42 Å². The summed E-state index contributed by atoms with van der Waals surface area (Å²) >= 11 is 0.935. The summed E-state index contributed by atoms with van der Waals surface area (Å²) in [7, 11) is 0. The number of carbonyl (C=O) groups is 1. The van der Waals surface area contributed by atoms with Crippen LogP contribution in [-0.2, 0) is 9.53 Å². The number of thioether (sulfide) groups is 1. The van der Waals surface area contributed by atoms with Crippen molar-refractivity contribution >= 4 is 17.7 Å². The summed E-state index contributed by atoms with van der Waals surface area (Å²) in [4.78, 5) is 10.3. The maximum Gasteiger partial charge on any atom is 0.352 e. The zero-order valence-corrected chi connectivity index (χ0v) is 5.78. The van der Waals surface area contributed by atoms with Gasteiger partial charge in [0, 0.05) is 0 Å². The lowest BCUT2D eigenvalue weighted by Crippen LogP contribution is -2.06. The van der Waals surface area contributed by atoms with Crippen molar-refractivity contribution in [2.45, 2.75) is 24.3 Å². The summed E-state index contributed by atoms with van der Waals surface area (Å²) in [6, 6.07) is 0. The van der Waals surface area contributed by atoms with Crippen LogP contribution in [0.15, 0.2) is 0 Å². The summed E-state index contributed by atoms with van der Waals surface area (Å²) in [6.45, 7) is 1.85. The first-order valence-corrected chi connectivity index (χ1v) is 3.68. The summed E-state index contributed by atoms with van der Waals surface area (Å²) in [5.74, 6) is -0.730. The Kier molecular flexibility index (Phi) is 1.95. The third kappa shape index (κ3) is 1.36. The predicted octanol–water partition coefficient (Wildman–Crippen LogP) is 1.31. The molecule has 1 heterocycles. The van der Waals surface area contributed by atoms with Gasteiger partial charge in [-0.3, -0.25) is 0 Å². The van der Waals surface area contributed by atoms with Crippen molar-refractivity contribution in [3.63, 3.8) is 0 Å². The highest BCUT2D eigenvalue weighted by Crippen LogP contribution is 2.30. The average molecular weight is 150 g/mol. The van der Waals surface area contributed by atoms with Gasteiger partial charge in [0.15, 0.2) is 5.44 Å². The average Bonchev–Trinajstić information content (AvgIpc) is 2.13. The van der Waals surface area contributed by atoms with Crippen LogP contribution in [0.3, 0.4) is 0 Å². The molecule has 1 aliphatic heterocycles. The lowest BCUT2D eigenvalue weighted by atomic mass is 10.5. The fraction of sp³-hybridized carbons (Fsp3) is 0.800. The monoisotopic (exact) mass is 150 g/mol. The molecule has 1 aliphatic rings. The Bertz CT molecular complexity index is 128. The highest BCUT2D eigenvalue weighted by molar-refractivity contribution is 8.01. The van der Waals surface area contributed by atoms with E-state index in [-0.39, 0.29) is 5.44 Å². The molecule has 0 bridgehead atoms. The predicted molar refractivity (Wildman–Crippen MR) is 32.7 cm³/mol. The highest BCUT2D eigenvalue weighted by atomic mass is 32.2. The minimum atomic E-state index is -1.45. The van der Waals surface area contributed by atoms with Crippen molar-refractivity contribution in [3.05, 3.63) is 0 Å². The largest absolute Gasteiger partial charge is 0.448 e. The Labute approximate surface area is 56.8 Å². The molecule has 0 amide bonds. The van der Waals surface area contributed by atoms with Gasteiger partial charge < -0.3 is 4.74 Å². The zero-order chi connectivity index (χ0) is 6.85. The molecular formula is C5H7FO2S. The number of hydrogen-bond donors (Lipinski definition) is 0. The lowest BCUT2D eigenvalue weighted by molar-refractivity contribution is -0.145. The summed E-state index contributed by atoms with van der Waals surface area (Å²) < 4.78 is 16.8. The van der Waals surface area contributed by atoms with Crippen molar-refractivity contribution in [1.29, 1.82) is 0 Å². The molecule has 0 radical (unpaired) electrons. The first kappa shape index (κ1) is 6.86. The molecule has 0 N–H and O–H groups in total. The second kappa shape index (κ2) is 2.56. The first-order valence-electron chi connectivity index (χ1n) is 2.74. The van der Waals surface area contributed by atoms with E-state index in [4.69, 9.17) is 0 Å². The Morgan fingerprint density at radius 2 is 2.56 bits per heavy atom. The number of carbonyl (C=O) groups excluding carboxylic acids is 1. The molecule has 0 spiro atoms. The van der Waals surface area contributed by atoms with E-state index in [9.17, 15) is 9.18 Å². The quantitative estimate of drug-likeness (QED) is 0.527. The van der Waals surface area contributed by atoms with Gasteiger partial charge in [-0.25, -0.2) is 9.18 Å². The van der Waals surface area contributed by atoms with E-state index >= 15 is 0 Å². The van der Waals surface area contributed by atoms with Crippen LogP contribution < -0.4 is 0 Å². The fourth-order valence-corrected chi connectivity index (χ4v) is 1.36. The molecule has 0 unspecified atom stereocenters. The van der Waals surface area contributed by atoms with Crippen LogP contribution in [0.4, 0.5) is 4.39 Å². The summed E-state index contributed by atoms with van der Waals surface area (Å²) in [5, 5.41) is 0. The maximum absolute atomic E-state index is 12.2. The van der Waals surface area contributed by atoms with E-state index in [1.165, 1.54) is 0 Å². The van der Waals surface area contributed by atoms with Gasteiger partial charge in [0.25, 0.3) is 0 Å². The van der Waals surface area contributed by atoms with Gasteiger partial charge >= 0.3 is 5.97 Å². The van der Waals surface area contributed by atoms with Crippen LogP contribution >= 0.6 is 11.8 Å². The van der Waals surface area contributed by atoms with Crippen LogP contribution in [-0.4, -0.2) is 16.9 Å². The minimum absolute atomic E-state index is 0.257. The number of alkyl halides is 1. The molecule has 0 saturated carbocycles. The molecule has 2 atom stereocenters. The molecule has 1 rings (SSSR count). The van der Waals surface area contributed by atoms with Gasteiger partial charge in [-0.15, -0.1) is 0 Å².